The van der Waals surface area contributed by atoms with Crippen LogP contribution in [-0.2, 0) is 11.3 Å². The lowest BCUT2D eigenvalue weighted by Gasteiger charge is -2.21. The van der Waals surface area contributed by atoms with Gasteiger partial charge in [-0.25, -0.2) is 9.97 Å². The third-order valence-corrected chi connectivity index (χ3v) is 3.19. The van der Waals surface area contributed by atoms with Crippen molar-refractivity contribution in [2.75, 3.05) is 25.2 Å². The van der Waals surface area contributed by atoms with Crippen molar-refractivity contribution in [1.29, 1.82) is 0 Å². The molecule has 0 saturated carbocycles. The first-order chi connectivity index (χ1) is 7.40. The molecule has 0 spiro atoms. The summed E-state index contributed by atoms with van der Waals surface area (Å²) in [4.78, 5) is 8.74. The van der Waals surface area contributed by atoms with E-state index in [0.717, 1.165) is 36.2 Å². The molecule has 0 bridgehead atoms. The number of aromatic nitrogens is 2. The van der Waals surface area contributed by atoms with E-state index in [0.29, 0.717) is 0 Å². The summed E-state index contributed by atoms with van der Waals surface area (Å²) >= 11 is 1.90. The Morgan fingerprint density at radius 2 is 2.60 bits per heavy atom. The van der Waals surface area contributed by atoms with Gasteiger partial charge in [0, 0.05) is 24.2 Å². The minimum absolute atomic E-state index is 0.0700. The maximum absolute atomic E-state index is 5.63. The van der Waals surface area contributed by atoms with E-state index in [1.54, 1.807) is 6.20 Å². The second kappa shape index (κ2) is 5.44. The van der Waals surface area contributed by atoms with Crippen LogP contribution in [0.1, 0.15) is 17.6 Å². The summed E-state index contributed by atoms with van der Waals surface area (Å²) in [5.74, 6) is 2.85. The summed E-state index contributed by atoms with van der Waals surface area (Å²) < 4.78 is 5.63. The number of rotatable bonds is 3. The molecule has 82 valence electrons. The molecule has 2 heterocycles. The monoisotopic (exact) mass is 225 g/mol. The molecule has 4 nitrogen and oxygen atoms in total. The highest BCUT2D eigenvalue weighted by molar-refractivity contribution is 7.99. The molecule has 1 aromatic rings. The highest BCUT2D eigenvalue weighted by Crippen LogP contribution is 2.23. The van der Waals surface area contributed by atoms with Crippen LogP contribution < -0.4 is 5.32 Å². The smallest absolute Gasteiger partial charge is 0.158 e. The second-order valence-electron chi connectivity index (χ2n) is 3.37. The first kappa shape index (κ1) is 10.9. The maximum atomic E-state index is 5.63. The molecular formula is C10H15N3OS. The van der Waals surface area contributed by atoms with E-state index in [1.807, 2.05) is 24.9 Å². The van der Waals surface area contributed by atoms with Crippen LogP contribution >= 0.6 is 11.8 Å². The SMILES string of the molecule is CNCc1ccnc(C2CSCCO2)n1. The largest absolute Gasteiger partial charge is 0.368 e. The molecule has 1 fully saturated rings. The van der Waals surface area contributed by atoms with Crippen LogP contribution in [0.2, 0.25) is 0 Å². The van der Waals surface area contributed by atoms with Crippen LogP contribution in [0.15, 0.2) is 12.3 Å². The highest BCUT2D eigenvalue weighted by atomic mass is 32.2. The van der Waals surface area contributed by atoms with Crippen molar-refractivity contribution in [3.63, 3.8) is 0 Å². The summed E-state index contributed by atoms with van der Waals surface area (Å²) in [7, 11) is 1.91. The quantitative estimate of drug-likeness (QED) is 0.831. The Bertz CT molecular complexity index is 315. The third kappa shape index (κ3) is 2.90. The van der Waals surface area contributed by atoms with Gasteiger partial charge in [-0.2, -0.15) is 11.8 Å². The molecule has 15 heavy (non-hydrogen) atoms. The number of thioether (sulfide) groups is 1. The minimum atomic E-state index is 0.0700. The van der Waals surface area contributed by atoms with Gasteiger partial charge in [0.1, 0.15) is 6.10 Å². The summed E-state index contributed by atoms with van der Waals surface area (Å²) in [5.41, 5.74) is 1.02. The van der Waals surface area contributed by atoms with E-state index in [2.05, 4.69) is 15.3 Å². The van der Waals surface area contributed by atoms with Crippen LogP contribution in [0.4, 0.5) is 0 Å². The van der Waals surface area contributed by atoms with Crippen molar-refractivity contribution in [3.05, 3.63) is 23.8 Å². The van der Waals surface area contributed by atoms with Crippen molar-refractivity contribution >= 4 is 11.8 Å². The van der Waals surface area contributed by atoms with E-state index < -0.39 is 0 Å². The minimum Gasteiger partial charge on any atom is -0.368 e. The molecule has 1 N–H and O–H groups in total. The average molecular weight is 225 g/mol. The highest BCUT2D eigenvalue weighted by Gasteiger charge is 2.19. The van der Waals surface area contributed by atoms with Gasteiger partial charge in [0.05, 0.1) is 12.3 Å². The zero-order valence-electron chi connectivity index (χ0n) is 8.77. The van der Waals surface area contributed by atoms with Gasteiger partial charge >= 0.3 is 0 Å². The van der Waals surface area contributed by atoms with Gasteiger partial charge < -0.3 is 10.1 Å². The van der Waals surface area contributed by atoms with E-state index in [-0.39, 0.29) is 6.10 Å². The molecule has 0 aromatic carbocycles. The van der Waals surface area contributed by atoms with Crippen molar-refractivity contribution < 1.29 is 4.74 Å². The zero-order chi connectivity index (χ0) is 10.5. The molecule has 5 heteroatoms. The fourth-order valence-electron chi connectivity index (χ4n) is 1.48. The molecule has 1 unspecified atom stereocenters. The zero-order valence-corrected chi connectivity index (χ0v) is 9.59. The lowest BCUT2D eigenvalue weighted by atomic mass is 10.3. The number of nitrogens with one attached hydrogen (secondary N) is 1. The third-order valence-electron chi connectivity index (χ3n) is 2.19. The lowest BCUT2D eigenvalue weighted by Crippen LogP contribution is -2.19. The van der Waals surface area contributed by atoms with E-state index in [4.69, 9.17) is 4.74 Å². The van der Waals surface area contributed by atoms with Gasteiger partial charge in [-0.1, -0.05) is 0 Å². The number of nitrogens with zero attached hydrogens (tertiary/aromatic N) is 2. The molecule has 2 rings (SSSR count). The summed E-state index contributed by atoms with van der Waals surface area (Å²) in [6, 6.07) is 1.93. The Labute approximate surface area is 93.8 Å². The van der Waals surface area contributed by atoms with Crippen LogP contribution in [-0.4, -0.2) is 35.1 Å². The predicted octanol–water partition coefficient (Wildman–Crippen LogP) is 1.00. The topological polar surface area (TPSA) is 47.0 Å². The Hall–Kier alpha value is -0.650. The van der Waals surface area contributed by atoms with E-state index in [1.165, 1.54) is 0 Å². The second-order valence-corrected chi connectivity index (χ2v) is 4.52. The fourth-order valence-corrected chi connectivity index (χ4v) is 2.32. The van der Waals surface area contributed by atoms with Gasteiger partial charge in [0.15, 0.2) is 5.82 Å². The van der Waals surface area contributed by atoms with Gasteiger partial charge in [0.25, 0.3) is 0 Å². The first-order valence-corrected chi connectivity index (χ1v) is 6.21. The molecule has 1 aromatic heterocycles. The van der Waals surface area contributed by atoms with Crippen LogP contribution in [0.3, 0.4) is 0 Å². The Kier molecular flexibility index (Phi) is 3.94. The van der Waals surface area contributed by atoms with Crippen LogP contribution in [0, 0.1) is 0 Å². The van der Waals surface area contributed by atoms with Crippen LogP contribution in [0.25, 0.3) is 0 Å². The summed E-state index contributed by atoms with van der Waals surface area (Å²) in [6.45, 7) is 1.57. The Balaban J connectivity index is 2.09. The normalized spacial score (nSPS) is 21.5. The van der Waals surface area contributed by atoms with Crippen molar-refractivity contribution in [2.24, 2.45) is 0 Å². The van der Waals surface area contributed by atoms with E-state index >= 15 is 0 Å². The number of hydrogen-bond acceptors (Lipinski definition) is 5. The van der Waals surface area contributed by atoms with Crippen molar-refractivity contribution in [3.8, 4) is 0 Å². The standard InChI is InChI=1S/C10H15N3OS/c1-11-6-8-2-3-12-10(13-8)9-7-15-5-4-14-9/h2-3,9,11H,4-7H2,1H3. The van der Waals surface area contributed by atoms with Gasteiger partial charge in [-0.3, -0.25) is 0 Å². The molecule has 0 amide bonds. The average Bonchev–Trinajstić information content (AvgIpc) is 2.31. The Morgan fingerprint density at radius 3 is 3.33 bits per heavy atom. The molecule has 1 aliphatic heterocycles. The molecule has 0 aliphatic carbocycles. The molecule has 1 atom stereocenters. The first-order valence-electron chi connectivity index (χ1n) is 5.06. The number of ether oxygens (including phenoxy) is 1. The van der Waals surface area contributed by atoms with Crippen molar-refractivity contribution in [1.82, 2.24) is 15.3 Å². The molecular weight excluding hydrogens is 210 g/mol. The predicted molar refractivity (Wildman–Crippen MR) is 60.8 cm³/mol. The number of hydrogen-bond donors (Lipinski definition) is 1. The molecule has 0 radical (unpaired) electrons. The van der Waals surface area contributed by atoms with E-state index in [9.17, 15) is 0 Å². The van der Waals surface area contributed by atoms with Gasteiger partial charge in [-0.05, 0) is 13.1 Å². The van der Waals surface area contributed by atoms with Gasteiger partial charge in [0.2, 0.25) is 0 Å². The van der Waals surface area contributed by atoms with Crippen molar-refractivity contribution in [2.45, 2.75) is 12.6 Å². The maximum Gasteiger partial charge on any atom is 0.158 e. The molecule has 1 saturated heterocycles. The Morgan fingerprint density at radius 1 is 1.67 bits per heavy atom. The van der Waals surface area contributed by atoms with Crippen LogP contribution in [0.5, 0.6) is 0 Å². The lowest BCUT2D eigenvalue weighted by molar-refractivity contribution is 0.0692. The van der Waals surface area contributed by atoms with Gasteiger partial charge in [-0.15, -0.1) is 0 Å². The summed E-state index contributed by atoms with van der Waals surface area (Å²) in [6.07, 6.45) is 1.87. The fraction of sp³-hybridized carbons (Fsp3) is 0.600. The summed E-state index contributed by atoms with van der Waals surface area (Å²) in [5, 5.41) is 3.08. The molecule has 1 aliphatic rings.